The van der Waals surface area contributed by atoms with Gasteiger partial charge >= 0.3 is 0 Å². The highest BCUT2D eigenvalue weighted by Gasteiger charge is 2.25. The van der Waals surface area contributed by atoms with Crippen LogP contribution in [-0.4, -0.2) is 25.6 Å². The molecule has 21 heavy (non-hydrogen) atoms. The normalized spacial score (nSPS) is 23.4. The monoisotopic (exact) mass is 313 g/mol. The van der Waals surface area contributed by atoms with Crippen molar-refractivity contribution in [2.24, 2.45) is 13.0 Å². The molecule has 0 spiro atoms. The van der Waals surface area contributed by atoms with Gasteiger partial charge in [-0.05, 0) is 31.4 Å². The highest BCUT2D eigenvalue weighted by molar-refractivity contribution is 7.89. The number of nitrogens with zero attached hydrogens (tertiary/aromatic N) is 1. The minimum Gasteiger partial charge on any atom is -0.352 e. The van der Waals surface area contributed by atoms with Crippen LogP contribution in [0.1, 0.15) is 45.2 Å². The fraction of sp³-hybridized carbons (Fsp3) is 0.733. The molecule has 2 rings (SSSR count). The van der Waals surface area contributed by atoms with E-state index in [4.69, 9.17) is 0 Å². The van der Waals surface area contributed by atoms with E-state index >= 15 is 0 Å². The van der Waals surface area contributed by atoms with E-state index in [2.05, 4.69) is 17.0 Å². The topological polar surface area (TPSA) is 63.1 Å². The molecule has 6 heteroatoms. The van der Waals surface area contributed by atoms with Crippen LogP contribution in [0.15, 0.2) is 17.2 Å². The third-order valence-corrected chi connectivity index (χ3v) is 5.69. The molecule has 0 amide bonds. The van der Waals surface area contributed by atoms with E-state index in [1.807, 2.05) is 18.5 Å². The van der Waals surface area contributed by atoms with Gasteiger partial charge in [0.2, 0.25) is 10.0 Å². The first-order valence-electron chi connectivity index (χ1n) is 7.80. The number of rotatable bonds is 6. The van der Waals surface area contributed by atoms with Crippen LogP contribution in [0.4, 0.5) is 0 Å². The van der Waals surface area contributed by atoms with Gasteiger partial charge in [0.05, 0.1) is 4.90 Å². The fourth-order valence-corrected chi connectivity index (χ4v) is 4.36. The summed E-state index contributed by atoms with van der Waals surface area (Å²) in [5.74, 6) is 0.603. The van der Waals surface area contributed by atoms with Crippen molar-refractivity contribution in [1.82, 2.24) is 14.6 Å². The molecule has 2 atom stereocenters. The lowest BCUT2D eigenvalue weighted by Crippen LogP contribution is -2.37. The van der Waals surface area contributed by atoms with Crippen LogP contribution in [0.25, 0.3) is 0 Å². The van der Waals surface area contributed by atoms with Crippen LogP contribution in [0.2, 0.25) is 0 Å². The summed E-state index contributed by atoms with van der Waals surface area (Å²) in [6, 6.07) is 1.84. The number of hydrogen-bond acceptors (Lipinski definition) is 3. The molecule has 5 nitrogen and oxygen atoms in total. The van der Waals surface area contributed by atoms with E-state index < -0.39 is 10.0 Å². The fourth-order valence-electron chi connectivity index (χ4n) is 2.98. The second-order valence-electron chi connectivity index (χ2n) is 6.15. The van der Waals surface area contributed by atoms with Gasteiger partial charge < -0.3 is 9.88 Å². The molecule has 1 heterocycles. The van der Waals surface area contributed by atoms with Crippen LogP contribution >= 0.6 is 0 Å². The molecule has 0 bridgehead atoms. The molecule has 1 aliphatic rings. The number of aryl methyl sites for hydroxylation is 1. The zero-order chi connectivity index (χ0) is 15.5. The van der Waals surface area contributed by atoms with Crippen molar-refractivity contribution in [1.29, 1.82) is 0 Å². The number of sulfonamides is 1. The second kappa shape index (κ2) is 6.94. The zero-order valence-corrected chi connectivity index (χ0v) is 14.0. The van der Waals surface area contributed by atoms with Gasteiger partial charge in [0.1, 0.15) is 0 Å². The van der Waals surface area contributed by atoms with E-state index in [-0.39, 0.29) is 6.04 Å². The quantitative estimate of drug-likeness (QED) is 0.844. The molecule has 120 valence electrons. The molecule has 2 unspecified atom stereocenters. The Balaban J connectivity index is 2.08. The number of nitrogens with one attached hydrogen (secondary N) is 2. The van der Waals surface area contributed by atoms with Crippen LogP contribution in [0.3, 0.4) is 0 Å². The van der Waals surface area contributed by atoms with E-state index in [0.717, 1.165) is 31.5 Å². The number of aromatic nitrogens is 1. The Morgan fingerprint density at radius 2 is 2.14 bits per heavy atom. The average molecular weight is 313 g/mol. The minimum absolute atomic E-state index is 0.0798. The Bertz CT molecular complexity index is 565. The summed E-state index contributed by atoms with van der Waals surface area (Å²) in [5.41, 5.74) is 0.981. The van der Waals surface area contributed by atoms with Crippen molar-refractivity contribution in [2.45, 2.75) is 57.0 Å². The average Bonchev–Trinajstić information content (AvgIpc) is 2.78. The first-order valence-corrected chi connectivity index (χ1v) is 9.29. The Hall–Kier alpha value is -0.850. The van der Waals surface area contributed by atoms with Gasteiger partial charge in [-0.25, -0.2) is 13.1 Å². The van der Waals surface area contributed by atoms with Gasteiger partial charge in [0.25, 0.3) is 0 Å². The largest absolute Gasteiger partial charge is 0.352 e. The molecular weight excluding hydrogens is 286 g/mol. The van der Waals surface area contributed by atoms with Crippen molar-refractivity contribution in [3.05, 3.63) is 18.0 Å². The molecule has 0 aromatic carbocycles. The van der Waals surface area contributed by atoms with Crippen LogP contribution in [-0.2, 0) is 23.6 Å². The van der Waals surface area contributed by atoms with Crippen molar-refractivity contribution in [3.63, 3.8) is 0 Å². The van der Waals surface area contributed by atoms with Crippen LogP contribution in [0.5, 0.6) is 0 Å². The minimum atomic E-state index is -3.41. The summed E-state index contributed by atoms with van der Waals surface area (Å²) in [7, 11) is -1.53. The predicted molar refractivity (Wildman–Crippen MR) is 84.5 cm³/mol. The molecule has 0 radical (unpaired) electrons. The van der Waals surface area contributed by atoms with Gasteiger partial charge in [-0.15, -0.1) is 0 Å². The first-order chi connectivity index (χ1) is 9.92. The van der Waals surface area contributed by atoms with E-state index in [9.17, 15) is 8.42 Å². The maximum Gasteiger partial charge on any atom is 0.242 e. The van der Waals surface area contributed by atoms with E-state index in [1.165, 1.54) is 6.42 Å². The summed E-state index contributed by atoms with van der Waals surface area (Å²) in [4.78, 5) is 0.371. The maximum atomic E-state index is 12.5. The lowest BCUT2D eigenvalue weighted by atomic mass is 9.88. The maximum absolute atomic E-state index is 12.5. The Morgan fingerprint density at radius 1 is 1.38 bits per heavy atom. The van der Waals surface area contributed by atoms with Gasteiger partial charge in [-0.2, -0.15) is 0 Å². The van der Waals surface area contributed by atoms with Crippen molar-refractivity contribution in [3.8, 4) is 0 Å². The van der Waals surface area contributed by atoms with E-state index in [0.29, 0.717) is 17.4 Å². The molecular formula is C15H27N3O2S. The van der Waals surface area contributed by atoms with Gasteiger partial charge in [-0.3, -0.25) is 0 Å². The molecule has 1 aromatic heterocycles. The van der Waals surface area contributed by atoms with Crippen LogP contribution < -0.4 is 10.0 Å². The molecule has 1 fully saturated rings. The SMILES string of the molecule is CCNCc1cc(S(=O)(=O)NC2CCCC(C)C2)cn1C. The Labute approximate surface area is 128 Å². The molecule has 1 aromatic rings. The third kappa shape index (κ3) is 4.31. The zero-order valence-electron chi connectivity index (χ0n) is 13.2. The first kappa shape index (κ1) is 16.5. The molecule has 1 saturated carbocycles. The summed E-state index contributed by atoms with van der Waals surface area (Å²) >= 11 is 0. The second-order valence-corrected chi connectivity index (χ2v) is 7.86. The summed E-state index contributed by atoms with van der Waals surface area (Å²) in [6.07, 6.45) is 5.89. The van der Waals surface area contributed by atoms with E-state index in [1.54, 1.807) is 12.3 Å². The Kier molecular flexibility index (Phi) is 5.46. The molecule has 2 N–H and O–H groups in total. The van der Waals surface area contributed by atoms with Gasteiger partial charge in [0.15, 0.2) is 0 Å². The van der Waals surface area contributed by atoms with Gasteiger partial charge in [-0.1, -0.05) is 26.7 Å². The predicted octanol–water partition coefficient (Wildman–Crippen LogP) is 1.99. The highest BCUT2D eigenvalue weighted by Crippen LogP contribution is 2.25. The smallest absolute Gasteiger partial charge is 0.242 e. The number of hydrogen-bond donors (Lipinski definition) is 2. The van der Waals surface area contributed by atoms with Gasteiger partial charge in [0, 0.05) is 31.5 Å². The summed E-state index contributed by atoms with van der Waals surface area (Å²) < 4.78 is 29.8. The van der Waals surface area contributed by atoms with Crippen molar-refractivity contribution < 1.29 is 8.42 Å². The molecule has 1 aliphatic carbocycles. The van der Waals surface area contributed by atoms with Crippen molar-refractivity contribution >= 4 is 10.0 Å². The Morgan fingerprint density at radius 3 is 2.81 bits per heavy atom. The molecule has 0 saturated heterocycles. The van der Waals surface area contributed by atoms with Crippen LogP contribution in [0, 0.1) is 5.92 Å². The molecule has 0 aliphatic heterocycles. The lowest BCUT2D eigenvalue weighted by Gasteiger charge is -2.27. The summed E-state index contributed by atoms with van der Waals surface area (Å²) in [6.45, 7) is 5.78. The lowest BCUT2D eigenvalue weighted by molar-refractivity contribution is 0.327. The van der Waals surface area contributed by atoms with Crippen molar-refractivity contribution in [2.75, 3.05) is 6.54 Å². The summed E-state index contributed by atoms with van der Waals surface area (Å²) in [5, 5.41) is 3.22. The standard InChI is InChI=1S/C15H27N3O2S/c1-4-16-10-14-9-15(11-18(14)3)21(19,20)17-13-7-5-6-12(2)8-13/h9,11-13,16-17H,4-8,10H2,1-3H3. The highest BCUT2D eigenvalue weighted by atomic mass is 32.2. The third-order valence-electron chi connectivity index (χ3n) is 4.21.